The van der Waals surface area contributed by atoms with Crippen molar-refractivity contribution in [2.24, 2.45) is 5.92 Å². The minimum atomic E-state index is -1.94. The van der Waals surface area contributed by atoms with Crippen LogP contribution in [0.1, 0.15) is 88.1 Å². The highest BCUT2D eigenvalue weighted by atomic mass is 19.1. The molecule has 2 N–H and O–H groups in total. The summed E-state index contributed by atoms with van der Waals surface area (Å²) in [6.45, 7) is 11.3. The average molecular weight is 1060 g/mol. The minimum Gasteiger partial charge on any atom is -0.508 e. The maximum atomic E-state index is 17.4. The number of fused-ring (bicyclic) bond motifs is 8. The molecule has 7 aromatic rings. The molecule has 3 fully saturated rings. The van der Waals surface area contributed by atoms with Crippen LogP contribution in [0.5, 0.6) is 17.5 Å². The van der Waals surface area contributed by atoms with Crippen molar-refractivity contribution in [3.05, 3.63) is 105 Å². The number of nitrogens with zero attached hydrogens (tertiary/aromatic N) is 8. The van der Waals surface area contributed by atoms with E-state index in [0.29, 0.717) is 59.8 Å². The number of carbonyl (C=O) groups is 2. The number of cyclic esters (lactones) is 1. The Bertz CT molecular complexity index is 3810. The zero-order valence-electron chi connectivity index (χ0n) is 43.8. The molecular formula is C59H57F3N8O8. The van der Waals surface area contributed by atoms with Gasteiger partial charge in [0, 0.05) is 72.3 Å². The van der Waals surface area contributed by atoms with Gasteiger partial charge in [-0.3, -0.25) is 19.5 Å². The Morgan fingerprint density at radius 3 is 2.59 bits per heavy atom. The maximum Gasteiger partial charge on any atom is 0.343 e. The number of benzene rings is 3. The van der Waals surface area contributed by atoms with E-state index in [1.54, 1.807) is 28.5 Å². The van der Waals surface area contributed by atoms with Crippen molar-refractivity contribution >= 4 is 50.3 Å². The standard InChI is InChI=1S/C59H57F3N8O8/c1-7-37-39-21-36(12-14-46(39)64-50-42(37)27-70-47(50)22-44-43(55(70)73)28-76-56(74)59(44,75)9-3)78-32(6)31(5)54(72)67-17-18-69(30(4)25-67)53-41-24-63-51(40-20-35(71)19-33-11-13-45(61)38(8-2)48(33)40)49(62)52(41)65-57(66-53)77-29-58-15-10-16-68(58)26-34(60)23-58/h2,11-14,19-22,24,30-32,34,71,75H,7,9-10,15-18,23,25-29H2,1,3-6H3/t30-,31?,32?,34+,58-,59-/m0/s1. The zero-order chi connectivity index (χ0) is 54.7. The number of hydrogen-bond acceptors (Lipinski definition) is 14. The van der Waals surface area contributed by atoms with Gasteiger partial charge in [-0.25, -0.2) is 22.9 Å². The van der Waals surface area contributed by atoms with Gasteiger partial charge < -0.3 is 38.8 Å². The SMILES string of the molecule is C#Cc1c(F)ccc2cc(O)cc(-c3ncc4c(N5CCN(C(=O)C(C)C(C)Oc6ccc7nc8c(c(CC)c7c6)Cn6c-8cc7c(c6=O)COC(=O)[C@]7(O)CC)C[C@@H]5C)nc(OC[C@@]56CCCN5C[C@H](F)C6)nc4c3F)c12. The number of aryl methyl sites for hydroxylation is 1. The lowest BCUT2D eigenvalue weighted by Gasteiger charge is -2.42. The molecule has 0 radical (unpaired) electrons. The van der Waals surface area contributed by atoms with E-state index in [1.165, 1.54) is 30.5 Å². The molecule has 3 aromatic carbocycles. The molecule has 0 saturated carbocycles. The Kier molecular flexibility index (Phi) is 12.4. The fourth-order valence-corrected chi connectivity index (χ4v) is 12.8. The molecule has 12 rings (SSSR count). The molecule has 0 spiro atoms. The second kappa shape index (κ2) is 19.0. The van der Waals surface area contributed by atoms with E-state index in [4.69, 9.17) is 30.6 Å². The molecule has 1 amide bonds. The number of rotatable bonds is 11. The molecule has 6 atom stereocenters. The molecule has 4 aromatic heterocycles. The number of aromatic hydroxyl groups is 1. The molecule has 16 nitrogen and oxygen atoms in total. The first-order valence-corrected chi connectivity index (χ1v) is 26.6. The van der Waals surface area contributed by atoms with Crippen LogP contribution in [0, 0.1) is 29.9 Å². The van der Waals surface area contributed by atoms with Crippen LogP contribution < -0.4 is 19.9 Å². The van der Waals surface area contributed by atoms with Crippen LogP contribution in [0.3, 0.4) is 0 Å². The topological polar surface area (TPSA) is 186 Å². The largest absolute Gasteiger partial charge is 0.508 e. The summed E-state index contributed by atoms with van der Waals surface area (Å²) >= 11 is 0. The number of amides is 1. The van der Waals surface area contributed by atoms with E-state index >= 15 is 8.78 Å². The summed E-state index contributed by atoms with van der Waals surface area (Å²) in [5.74, 6) is -0.0615. The number of carbonyl (C=O) groups excluding carboxylic acids is 2. The van der Waals surface area contributed by atoms with Gasteiger partial charge in [-0.1, -0.05) is 32.8 Å². The van der Waals surface area contributed by atoms with E-state index in [0.717, 1.165) is 35.9 Å². The van der Waals surface area contributed by atoms with Gasteiger partial charge in [-0.2, -0.15) is 9.97 Å². The Balaban J connectivity index is 0.805. The quantitative estimate of drug-likeness (QED) is 0.0942. The van der Waals surface area contributed by atoms with Crippen LogP contribution in [-0.4, -0.2) is 120 Å². The number of piperazine rings is 1. The van der Waals surface area contributed by atoms with Gasteiger partial charge in [0.25, 0.3) is 5.56 Å². The maximum absolute atomic E-state index is 17.4. The van der Waals surface area contributed by atoms with E-state index in [1.807, 2.05) is 44.7 Å². The highest BCUT2D eigenvalue weighted by Crippen LogP contribution is 2.44. The van der Waals surface area contributed by atoms with Crippen molar-refractivity contribution < 1.29 is 47.2 Å². The van der Waals surface area contributed by atoms with Gasteiger partial charge in [-0.15, -0.1) is 6.42 Å². The number of ether oxygens (including phenoxy) is 3. The third-order valence-electron chi connectivity index (χ3n) is 17.1. The summed E-state index contributed by atoms with van der Waals surface area (Å²) in [7, 11) is 0. The van der Waals surface area contributed by atoms with Gasteiger partial charge in [0.05, 0.1) is 51.4 Å². The summed E-state index contributed by atoms with van der Waals surface area (Å²) in [6.07, 6.45) is 8.19. The van der Waals surface area contributed by atoms with E-state index in [2.05, 4.69) is 20.8 Å². The molecule has 5 aliphatic rings. The molecule has 78 heavy (non-hydrogen) atoms. The van der Waals surface area contributed by atoms with Crippen molar-refractivity contribution in [1.82, 2.24) is 34.3 Å². The van der Waals surface area contributed by atoms with Gasteiger partial charge in [0.2, 0.25) is 5.91 Å². The third kappa shape index (κ3) is 8.00. The highest BCUT2D eigenvalue weighted by Gasteiger charge is 2.50. The van der Waals surface area contributed by atoms with Crippen LogP contribution >= 0.6 is 0 Å². The van der Waals surface area contributed by atoms with Crippen molar-refractivity contribution in [2.75, 3.05) is 44.2 Å². The minimum absolute atomic E-state index is 0.0409. The first kappa shape index (κ1) is 51.0. The number of anilines is 1. The van der Waals surface area contributed by atoms with Gasteiger partial charge in [0.15, 0.2) is 11.4 Å². The molecule has 5 aliphatic heterocycles. The predicted octanol–water partition coefficient (Wildman–Crippen LogP) is 7.86. The fraction of sp³-hybridized carbons (Fsp3) is 0.407. The average Bonchev–Trinajstić information content (AvgIpc) is 4.27. The van der Waals surface area contributed by atoms with Crippen molar-refractivity contribution in [1.29, 1.82) is 0 Å². The second-order valence-electron chi connectivity index (χ2n) is 21.5. The molecule has 9 heterocycles. The van der Waals surface area contributed by atoms with Crippen LogP contribution in [0.4, 0.5) is 19.0 Å². The summed E-state index contributed by atoms with van der Waals surface area (Å²) < 4.78 is 67.2. The van der Waals surface area contributed by atoms with Crippen LogP contribution in [0.2, 0.25) is 0 Å². The first-order valence-electron chi connectivity index (χ1n) is 26.6. The molecule has 3 saturated heterocycles. The van der Waals surface area contributed by atoms with Gasteiger partial charge in [0.1, 0.15) is 59.8 Å². The molecule has 2 unspecified atom stereocenters. The van der Waals surface area contributed by atoms with Crippen LogP contribution in [0.15, 0.2) is 59.5 Å². The zero-order valence-corrected chi connectivity index (χ0v) is 43.8. The first-order chi connectivity index (χ1) is 37.4. The van der Waals surface area contributed by atoms with E-state index in [-0.39, 0.29) is 113 Å². The number of aromatic nitrogens is 5. The van der Waals surface area contributed by atoms with Crippen LogP contribution in [0.25, 0.3) is 55.2 Å². The Hall–Kier alpha value is -7.82. The smallest absolute Gasteiger partial charge is 0.343 e. The molecule has 402 valence electrons. The third-order valence-corrected chi connectivity index (χ3v) is 17.1. The van der Waals surface area contributed by atoms with Crippen LogP contribution in [-0.2, 0) is 39.5 Å². The summed E-state index contributed by atoms with van der Waals surface area (Å²) in [4.78, 5) is 65.9. The lowest BCUT2D eigenvalue weighted by molar-refractivity contribution is -0.172. The van der Waals surface area contributed by atoms with Gasteiger partial charge in [-0.05, 0) is 99.5 Å². The number of terminal acetylenes is 1. The lowest BCUT2D eigenvalue weighted by atomic mass is 9.86. The summed E-state index contributed by atoms with van der Waals surface area (Å²) in [5, 5.41) is 23.8. The number of halogens is 3. The fourth-order valence-electron chi connectivity index (χ4n) is 12.8. The number of esters is 1. The number of hydrogen-bond donors (Lipinski definition) is 2. The Morgan fingerprint density at radius 2 is 1.82 bits per heavy atom. The lowest BCUT2D eigenvalue weighted by Crippen LogP contribution is -2.56. The van der Waals surface area contributed by atoms with Crippen molar-refractivity contribution in [2.45, 2.75) is 109 Å². The number of phenols is 1. The molecule has 0 aliphatic carbocycles. The molecule has 19 heteroatoms. The summed E-state index contributed by atoms with van der Waals surface area (Å²) in [6, 6.07) is 12.1. The highest BCUT2D eigenvalue weighted by molar-refractivity contribution is 6.03. The van der Waals surface area contributed by atoms with Gasteiger partial charge >= 0.3 is 12.0 Å². The van der Waals surface area contributed by atoms with E-state index in [9.17, 15) is 29.0 Å². The number of aliphatic hydroxyl groups is 1. The molecule has 0 bridgehead atoms. The van der Waals surface area contributed by atoms with Crippen molar-refractivity contribution in [3.8, 4) is 52.5 Å². The number of alkyl halides is 1. The Morgan fingerprint density at radius 1 is 1.00 bits per heavy atom. The number of phenolic OH excluding ortho intramolecular Hbond substituents is 1. The van der Waals surface area contributed by atoms with E-state index < -0.39 is 46.9 Å². The van der Waals surface area contributed by atoms with Crippen molar-refractivity contribution in [3.63, 3.8) is 0 Å². The predicted molar refractivity (Wildman–Crippen MR) is 285 cm³/mol. The summed E-state index contributed by atoms with van der Waals surface area (Å²) in [5.41, 5.74) is 0.896. The Labute approximate surface area is 446 Å². The normalized spacial score (nSPS) is 22.5. The monoisotopic (exact) mass is 1060 g/mol. The second-order valence-corrected chi connectivity index (χ2v) is 21.5. The number of pyridine rings is 3. The molecular weight excluding hydrogens is 1010 g/mol.